The number of rotatable bonds is 4. The molecule has 0 bridgehead atoms. The molecule has 0 saturated heterocycles. The van der Waals surface area contributed by atoms with Crippen LogP contribution in [0.2, 0.25) is 0 Å². The van der Waals surface area contributed by atoms with Gasteiger partial charge in [0.05, 0.1) is 5.56 Å². The SMILES string of the molecule is Cc1cc(-c2ncc(C#N)cc2F)cc(C)c1C1C(=O)CC(CC(=O)NC(C)(C)C)C1=O. The number of ketones is 2. The summed E-state index contributed by atoms with van der Waals surface area (Å²) in [5.41, 5.74) is 2.28. The van der Waals surface area contributed by atoms with E-state index in [1.165, 1.54) is 6.20 Å². The van der Waals surface area contributed by atoms with Crippen molar-refractivity contribution in [1.29, 1.82) is 5.26 Å². The number of pyridine rings is 1. The molecule has 1 saturated carbocycles. The van der Waals surface area contributed by atoms with Gasteiger partial charge in [0.1, 0.15) is 23.5 Å². The molecule has 1 aliphatic rings. The molecule has 0 aliphatic heterocycles. The molecule has 6 nitrogen and oxygen atoms in total. The highest BCUT2D eigenvalue weighted by molar-refractivity contribution is 6.15. The summed E-state index contributed by atoms with van der Waals surface area (Å²) in [5.74, 6) is -2.89. The van der Waals surface area contributed by atoms with Gasteiger partial charge >= 0.3 is 0 Å². The lowest BCUT2D eigenvalue weighted by atomic mass is 9.85. The third-order valence-corrected chi connectivity index (χ3v) is 5.53. The molecule has 2 unspecified atom stereocenters. The summed E-state index contributed by atoms with van der Waals surface area (Å²) in [6.45, 7) is 9.11. The summed E-state index contributed by atoms with van der Waals surface area (Å²) in [5, 5.41) is 11.7. The minimum atomic E-state index is -0.921. The predicted molar refractivity (Wildman–Crippen MR) is 117 cm³/mol. The van der Waals surface area contributed by atoms with Crippen LogP contribution in [0.25, 0.3) is 11.3 Å². The summed E-state index contributed by atoms with van der Waals surface area (Å²) < 4.78 is 14.4. The number of hydrogen-bond acceptors (Lipinski definition) is 5. The standard InChI is InChI=1S/C25H26FN3O3/c1-13-6-16(23-18(26)8-15(11-27)12-28-23)7-14(2)21(13)22-19(30)9-17(24(22)32)10-20(31)29-25(3,4)5/h6-8,12,17,22H,9-10H2,1-5H3,(H,29,31). The largest absolute Gasteiger partial charge is 0.351 e. The van der Waals surface area contributed by atoms with Crippen LogP contribution in [0.15, 0.2) is 24.4 Å². The number of halogens is 1. The molecular formula is C25H26FN3O3. The van der Waals surface area contributed by atoms with E-state index in [2.05, 4.69) is 10.3 Å². The van der Waals surface area contributed by atoms with E-state index in [-0.39, 0.29) is 41.6 Å². The maximum absolute atomic E-state index is 14.4. The highest BCUT2D eigenvalue weighted by atomic mass is 19.1. The third kappa shape index (κ3) is 4.75. The highest BCUT2D eigenvalue weighted by Crippen LogP contribution is 2.38. The molecule has 166 valence electrons. The van der Waals surface area contributed by atoms with E-state index in [0.29, 0.717) is 22.3 Å². The first-order valence-electron chi connectivity index (χ1n) is 10.5. The van der Waals surface area contributed by atoms with Crippen LogP contribution >= 0.6 is 0 Å². The zero-order valence-electron chi connectivity index (χ0n) is 18.9. The molecule has 2 atom stereocenters. The van der Waals surface area contributed by atoms with E-state index < -0.39 is 23.2 Å². The highest BCUT2D eigenvalue weighted by Gasteiger charge is 2.44. The van der Waals surface area contributed by atoms with Crippen molar-refractivity contribution in [1.82, 2.24) is 10.3 Å². The summed E-state index contributed by atoms with van der Waals surface area (Å²) in [6, 6.07) is 6.36. The number of amides is 1. The van der Waals surface area contributed by atoms with E-state index >= 15 is 0 Å². The van der Waals surface area contributed by atoms with Crippen molar-refractivity contribution < 1.29 is 18.8 Å². The Balaban J connectivity index is 1.90. The van der Waals surface area contributed by atoms with Crippen molar-refractivity contribution in [3.8, 4) is 17.3 Å². The number of nitrogens with one attached hydrogen (secondary N) is 1. The van der Waals surface area contributed by atoms with Crippen molar-refractivity contribution in [3.05, 3.63) is 52.5 Å². The predicted octanol–water partition coefficient (Wildman–Crippen LogP) is 3.92. The summed E-state index contributed by atoms with van der Waals surface area (Å²) in [7, 11) is 0. The van der Waals surface area contributed by atoms with E-state index in [4.69, 9.17) is 5.26 Å². The Morgan fingerprint density at radius 3 is 2.38 bits per heavy atom. The van der Waals surface area contributed by atoms with Gasteiger partial charge in [0.25, 0.3) is 0 Å². The first kappa shape index (κ1) is 23.3. The monoisotopic (exact) mass is 435 g/mol. The molecule has 3 rings (SSSR count). The Morgan fingerprint density at radius 1 is 1.22 bits per heavy atom. The number of aryl methyl sites for hydroxylation is 2. The minimum Gasteiger partial charge on any atom is -0.351 e. The molecule has 0 radical (unpaired) electrons. The van der Waals surface area contributed by atoms with Gasteiger partial charge in [0, 0.05) is 36.1 Å². The fourth-order valence-corrected chi connectivity index (χ4v) is 4.30. The molecule has 1 heterocycles. The Morgan fingerprint density at radius 2 is 1.84 bits per heavy atom. The van der Waals surface area contributed by atoms with Crippen molar-refractivity contribution in [3.63, 3.8) is 0 Å². The van der Waals surface area contributed by atoms with Crippen LogP contribution in [0.1, 0.15) is 61.8 Å². The van der Waals surface area contributed by atoms with E-state index in [0.717, 1.165) is 6.07 Å². The lowest BCUT2D eigenvalue weighted by Crippen LogP contribution is -2.41. The van der Waals surface area contributed by atoms with Crippen molar-refractivity contribution in [2.75, 3.05) is 0 Å². The normalized spacial score (nSPS) is 18.5. The fraction of sp³-hybridized carbons (Fsp3) is 0.400. The van der Waals surface area contributed by atoms with Crippen LogP contribution in [0, 0.1) is 36.9 Å². The molecule has 0 spiro atoms. The average Bonchev–Trinajstić information content (AvgIpc) is 2.93. The van der Waals surface area contributed by atoms with E-state index in [9.17, 15) is 18.8 Å². The van der Waals surface area contributed by atoms with Crippen molar-refractivity contribution in [2.45, 2.75) is 58.9 Å². The molecule has 7 heteroatoms. The number of Topliss-reactive ketones (excluding diaryl/α,β-unsaturated/α-hetero) is 2. The summed E-state index contributed by atoms with van der Waals surface area (Å²) in [6.07, 6.45) is 1.32. The second-order valence-electron chi connectivity index (χ2n) is 9.39. The van der Waals surface area contributed by atoms with E-state index in [1.807, 2.05) is 26.8 Å². The zero-order valence-corrected chi connectivity index (χ0v) is 18.9. The Labute approximate surface area is 186 Å². The Kier molecular flexibility index (Phi) is 6.27. The van der Waals surface area contributed by atoms with Gasteiger partial charge < -0.3 is 5.32 Å². The average molecular weight is 435 g/mol. The number of nitriles is 1. The fourth-order valence-electron chi connectivity index (χ4n) is 4.30. The first-order chi connectivity index (χ1) is 14.9. The Bertz CT molecular complexity index is 1130. The minimum absolute atomic E-state index is 0.0190. The molecule has 2 aromatic rings. The molecule has 1 aromatic heterocycles. The number of carbonyl (C=O) groups excluding carboxylic acids is 3. The zero-order chi connectivity index (χ0) is 23.8. The quantitative estimate of drug-likeness (QED) is 0.734. The van der Waals surface area contributed by atoms with Crippen LogP contribution in [-0.2, 0) is 14.4 Å². The topological polar surface area (TPSA) is 99.9 Å². The number of benzene rings is 1. The molecular weight excluding hydrogens is 409 g/mol. The van der Waals surface area contributed by atoms with Crippen LogP contribution in [0.3, 0.4) is 0 Å². The van der Waals surface area contributed by atoms with Crippen LogP contribution in [0.5, 0.6) is 0 Å². The van der Waals surface area contributed by atoms with Crippen LogP contribution < -0.4 is 5.32 Å². The second kappa shape index (κ2) is 8.62. The van der Waals surface area contributed by atoms with Gasteiger partial charge in [-0.15, -0.1) is 0 Å². The Hall–Kier alpha value is -3.40. The first-order valence-corrected chi connectivity index (χ1v) is 10.5. The van der Waals surface area contributed by atoms with Gasteiger partial charge in [-0.2, -0.15) is 5.26 Å². The lowest BCUT2D eigenvalue weighted by molar-refractivity contribution is -0.129. The van der Waals surface area contributed by atoms with Gasteiger partial charge in [0.2, 0.25) is 5.91 Å². The van der Waals surface area contributed by atoms with Gasteiger partial charge in [-0.25, -0.2) is 4.39 Å². The molecule has 1 fully saturated rings. The van der Waals surface area contributed by atoms with E-state index in [1.54, 1.807) is 26.0 Å². The van der Waals surface area contributed by atoms with Crippen molar-refractivity contribution >= 4 is 17.5 Å². The van der Waals surface area contributed by atoms with Crippen LogP contribution in [-0.4, -0.2) is 28.0 Å². The second-order valence-corrected chi connectivity index (χ2v) is 9.39. The van der Waals surface area contributed by atoms with Gasteiger partial charge in [-0.1, -0.05) is 0 Å². The van der Waals surface area contributed by atoms with Gasteiger partial charge in [-0.05, 0) is 69.5 Å². The summed E-state index contributed by atoms with van der Waals surface area (Å²) >= 11 is 0. The smallest absolute Gasteiger partial charge is 0.221 e. The molecule has 1 N–H and O–H groups in total. The molecule has 1 aromatic carbocycles. The molecule has 32 heavy (non-hydrogen) atoms. The van der Waals surface area contributed by atoms with Gasteiger partial charge in [0.15, 0.2) is 11.6 Å². The number of nitrogens with zero attached hydrogens (tertiary/aromatic N) is 2. The van der Waals surface area contributed by atoms with Gasteiger partial charge in [-0.3, -0.25) is 19.4 Å². The maximum atomic E-state index is 14.4. The number of hydrogen-bond donors (Lipinski definition) is 1. The number of aromatic nitrogens is 1. The van der Waals surface area contributed by atoms with Crippen molar-refractivity contribution in [2.24, 2.45) is 5.92 Å². The van der Waals surface area contributed by atoms with Crippen LogP contribution in [0.4, 0.5) is 4.39 Å². The third-order valence-electron chi connectivity index (χ3n) is 5.53. The summed E-state index contributed by atoms with van der Waals surface area (Å²) in [4.78, 5) is 42.2. The molecule has 1 aliphatic carbocycles. The molecule has 1 amide bonds. The number of carbonyl (C=O) groups is 3. The maximum Gasteiger partial charge on any atom is 0.221 e. The lowest BCUT2D eigenvalue weighted by Gasteiger charge is -2.21.